The fraction of sp³-hybridized carbons (Fsp3) is 0. The molecule has 0 aliphatic heterocycles. The van der Waals surface area contributed by atoms with Gasteiger partial charge in [0.2, 0.25) is 0 Å². The summed E-state index contributed by atoms with van der Waals surface area (Å²) in [5, 5.41) is 5.40. The van der Waals surface area contributed by atoms with Crippen molar-refractivity contribution in [3.05, 3.63) is 36.9 Å². The smallest absolute Gasteiger partial charge is 0.181 e. The molecule has 0 radical (unpaired) electrons. The lowest BCUT2D eigenvalue weighted by Gasteiger charge is -1.97. The summed E-state index contributed by atoms with van der Waals surface area (Å²) in [5.41, 5.74) is 1.88. The fourth-order valence-electron chi connectivity index (χ4n) is 1.06. The molecule has 0 spiro atoms. The highest BCUT2D eigenvalue weighted by Gasteiger charge is 1.99. The van der Waals surface area contributed by atoms with Crippen molar-refractivity contribution in [2.45, 2.75) is 4.90 Å². The maximum atomic E-state index is 5.40. The quantitative estimate of drug-likeness (QED) is 0.742. The SMILES string of the molecule is NSc1ccc(-c2cocn2)cc1. The molecule has 0 bridgehead atoms. The van der Waals surface area contributed by atoms with E-state index in [1.807, 2.05) is 24.3 Å². The van der Waals surface area contributed by atoms with Crippen LogP contribution in [0.2, 0.25) is 0 Å². The molecule has 66 valence electrons. The van der Waals surface area contributed by atoms with Crippen molar-refractivity contribution >= 4 is 11.9 Å². The third-order valence-corrected chi connectivity index (χ3v) is 2.26. The normalized spacial score (nSPS) is 10.2. The van der Waals surface area contributed by atoms with Crippen LogP contribution in [0.15, 0.2) is 46.2 Å². The van der Waals surface area contributed by atoms with E-state index in [2.05, 4.69) is 4.98 Å². The Morgan fingerprint density at radius 1 is 1.23 bits per heavy atom. The van der Waals surface area contributed by atoms with Crippen LogP contribution in [0, 0.1) is 0 Å². The van der Waals surface area contributed by atoms with Crippen LogP contribution in [0.4, 0.5) is 0 Å². The minimum absolute atomic E-state index is 0.841. The molecule has 2 rings (SSSR count). The van der Waals surface area contributed by atoms with Crippen molar-refractivity contribution in [2.24, 2.45) is 5.14 Å². The summed E-state index contributed by atoms with van der Waals surface area (Å²) in [6.45, 7) is 0. The van der Waals surface area contributed by atoms with Gasteiger partial charge in [-0.25, -0.2) is 4.98 Å². The first kappa shape index (κ1) is 8.34. The van der Waals surface area contributed by atoms with E-state index in [0.29, 0.717) is 0 Å². The number of nitrogens with zero attached hydrogens (tertiary/aromatic N) is 1. The number of hydrogen-bond acceptors (Lipinski definition) is 4. The fourth-order valence-corrected chi connectivity index (χ4v) is 1.35. The van der Waals surface area contributed by atoms with Crippen molar-refractivity contribution in [1.29, 1.82) is 0 Å². The number of nitrogens with two attached hydrogens (primary N) is 1. The Balaban J connectivity index is 2.33. The molecule has 0 atom stereocenters. The van der Waals surface area contributed by atoms with Gasteiger partial charge in [-0.1, -0.05) is 12.1 Å². The van der Waals surface area contributed by atoms with Gasteiger partial charge < -0.3 is 4.42 Å². The minimum Gasteiger partial charge on any atom is -0.451 e. The van der Waals surface area contributed by atoms with E-state index in [1.54, 1.807) is 6.26 Å². The van der Waals surface area contributed by atoms with Crippen LogP contribution in [0.5, 0.6) is 0 Å². The topological polar surface area (TPSA) is 52.0 Å². The first-order chi connectivity index (χ1) is 6.40. The first-order valence-corrected chi connectivity index (χ1v) is 4.63. The molecule has 2 N–H and O–H groups in total. The Labute approximate surface area is 80.1 Å². The van der Waals surface area contributed by atoms with Crippen molar-refractivity contribution in [3.8, 4) is 11.3 Å². The van der Waals surface area contributed by atoms with Crippen molar-refractivity contribution in [2.75, 3.05) is 0 Å². The molecular weight excluding hydrogens is 184 g/mol. The number of rotatable bonds is 2. The summed E-state index contributed by atoms with van der Waals surface area (Å²) in [6, 6.07) is 7.84. The van der Waals surface area contributed by atoms with E-state index in [0.717, 1.165) is 16.2 Å². The lowest BCUT2D eigenvalue weighted by Crippen LogP contribution is -1.80. The summed E-state index contributed by atoms with van der Waals surface area (Å²) in [7, 11) is 0. The third-order valence-electron chi connectivity index (χ3n) is 1.72. The van der Waals surface area contributed by atoms with Gasteiger partial charge in [0.15, 0.2) is 6.39 Å². The average molecular weight is 192 g/mol. The molecule has 1 heterocycles. The second-order valence-electron chi connectivity index (χ2n) is 2.52. The minimum atomic E-state index is 0.841. The molecule has 1 aromatic carbocycles. The van der Waals surface area contributed by atoms with Crippen molar-refractivity contribution in [1.82, 2.24) is 4.98 Å². The highest BCUT2D eigenvalue weighted by atomic mass is 32.2. The van der Waals surface area contributed by atoms with E-state index in [4.69, 9.17) is 9.56 Å². The Morgan fingerprint density at radius 3 is 2.54 bits per heavy atom. The van der Waals surface area contributed by atoms with Gasteiger partial charge in [0, 0.05) is 10.5 Å². The second kappa shape index (κ2) is 3.64. The largest absolute Gasteiger partial charge is 0.451 e. The number of hydrogen-bond donors (Lipinski definition) is 1. The average Bonchev–Trinajstić information content (AvgIpc) is 2.71. The third kappa shape index (κ3) is 1.74. The molecule has 1 aromatic heterocycles. The molecule has 0 saturated carbocycles. The number of benzene rings is 1. The Morgan fingerprint density at radius 2 is 2.00 bits per heavy atom. The van der Waals surface area contributed by atoms with Gasteiger partial charge in [-0.05, 0) is 24.1 Å². The predicted octanol–water partition coefficient (Wildman–Crippen LogP) is 2.31. The van der Waals surface area contributed by atoms with Crippen LogP contribution < -0.4 is 5.14 Å². The Bertz CT molecular complexity index is 369. The molecule has 13 heavy (non-hydrogen) atoms. The van der Waals surface area contributed by atoms with Gasteiger partial charge in [0.05, 0.1) is 0 Å². The molecule has 0 fully saturated rings. The molecule has 0 aliphatic rings. The highest BCUT2D eigenvalue weighted by molar-refractivity contribution is 7.97. The van der Waals surface area contributed by atoms with Gasteiger partial charge in [-0.2, -0.15) is 0 Å². The monoisotopic (exact) mass is 192 g/mol. The standard InChI is InChI=1S/C9H8N2OS/c10-13-8-3-1-7(2-4-8)9-5-12-6-11-9/h1-6H,10H2. The number of aromatic nitrogens is 1. The van der Waals surface area contributed by atoms with E-state index in [-0.39, 0.29) is 0 Å². The zero-order valence-corrected chi connectivity index (χ0v) is 7.62. The lowest BCUT2D eigenvalue weighted by atomic mass is 10.2. The Kier molecular flexibility index (Phi) is 2.33. The summed E-state index contributed by atoms with van der Waals surface area (Å²) < 4.78 is 4.88. The molecule has 2 aromatic rings. The summed E-state index contributed by atoms with van der Waals surface area (Å²) in [6.07, 6.45) is 3.03. The zero-order valence-electron chi connectivity index (χ0n) is 6.81. The van der Waals surface area contributed by atoms with Crippen LogP contribution in [0.1, 0.15) is 0 Å². The van der Waals surface area contributed by atoms with Crippen LogP contribution in [-0.2, 0) is 0 Å². The van der Waals surface area contributed by atoms with Gasteiger partial charge in [-0.3, -0.25) is 5.14 Å². The first-order valence-electron chi connectivity index (χ1n) is 3.75. The van der Waals surface area contributed by atoms with Crippen molar-refractivity contribution in [3.63, 3.8) is 0 Å². The summed E-state index contributed by atoms with van der Waals surface area (Å²) in [4.78, 5) is 5.07. The van der Waals surface area contributed by atoms with E-state index >= 15 is 0 Å². The van der Waals surface area contributed by atoms with E-state index in [1.165, 1.54) is 18.3 Å². The maximum Gasteiger partial charge on any atom is 0.181 e. The van der Waals surface area contributed by atoms with Crippen LogP contribution in [0.3, 0.4) is 0 Å². The molecule has 0 saturated heterocycles. The van der Waals surface area contributed by atoms with Crippen LogP contribution >= 0.6 is 11.9 Å². The Hall–Kier alpha value is -1.26. The van der Waals surface area contributed by atoms with Crippen LogP contribution in [-0.4, -0.2) is 4.98 Å². The molecule has 0 unspecified atom stereocenters. The summed E-state index contributed by atoms with van der Waals surface area (Å²) in [5.74, 6) is 0. The lowest BCUT2D eigenvalue weighted by molar-refractivity contribution is 0.558. The van der Waals surface area contributed by atoms with Gasteiger partial charge in [-0.15, -0.1) is 0 Å². The zero-order chi connectivity index (χ0) is 9.10. The predicted molar refractivity (Wildman–Crippen MR) is 52.0 cm³/mol. The molecule has 0 aliphatic carbocycles. The van der Waals surface area contributed by atoms with E-state index < -0.39 is 0 Å². The van der Waals surface area contributed by atoms with Gasteiger partial charge >= 0.3 is 0 Å². The molecular formula is C9H8N2OS. The molecule has 0 amide bonds. The van der Waals surface area contributed by atoms with Gasteiger partial charge in [0.25, 0.3) is 0 Å². The highest BCUT2D eigenvalue weighted by Crippen LogP contribution is 2.20. The van der Waals surface area contributed by atoms with Crippen LogP contribution in [0.25, 0.3) is 11.3 Å². The summed E-state index contributed by atoms with van der Waals surface area (Å²) >= 11 is 1.23. The number of oxazole rings is 1. The maximum absolute atomic E-state index is 5.40. The second-order valence-corrected chi connectivity index (χ2v) is 3.22. The van der Waals surface area contributed by atoms with Crippen molar-refractivity contribution < 1.29 is 4.42 Å². The molecule has 3 nitrogen and oxygen atoms in total. The van der Waals surface area contributed by atoms with Gasteiger partial charge in [0.1, 0.15) is 12.0 Å². The van der Waals surface area contributed by atoms with E-state index in [9.17, 15) is 0 Å². The molecule has 4 heteroatoms.